The number of nitrogens with two attached hydrogens (primary N) is 1. The molecule has 0 fully saturated rings. The molecule has 2 heterocycles. The second kappa shape index (κ2) is 3.85. The molecule has 3 N–H and O–H groups in total. The van der Waals surface area contributed by atoms with Gasteiger partial charge in [0.25, 0.3) is 5.91 Å². The molecule has 0 spiro atoms. The van der Waals surface area contributed by atoms with Crippen LogP contribution in [0.2, 0.25) is 0 Å². The van der Waals surface area contributed by atoms with Crippen molar-refractivity contribution in [2.75, 3.05) is 0 Å². The quantitative estimate of drug-likeness (QED) is 0.771. The molecule has 7 nitrogen and oxygen atoms in total. The number of rotatable bonds is 3. The van der Waals surface area contributed by atoms with E-state index in [1.54, 1.807) is 13.0 Å². The van der Waals surface area contributed by atoms with Gasteiger partial charge in [0, 0.05) is 5.69 Å². The molecule has 0 aromatic carbocycles. The maximum atomic E-state index is 11.2. The van der Waals surface area contributed by atoms with Gasteiger partial charge in [0.15, 0.2) is 0 Å². The van der Waals surface area contributed by atoms with Gasteiger partial charge in [0.1, 0.15) is 24.2 Å². The minimum absolute atomic E-state index is 0.0993. The largest absolute Gasteiger partial charge is 0.480 e. The third-order valence-electron chi connectivity index (χ3n) is 2.42. The van der Waals surface area contributed by atoms with Crippen LogP contribution in [0.25, 0.3) is 11.0 Å². The van der Waals surface area contributed by atoms with Crippen molar-refractivity contribution in [2.45, 2.75) is 13.5 Å². The van der Waals surface area contributed by atoms with E-state index in [0.29, 0.717) is 16.7 Å². The predicted octanol–water partition coefficient (Wildman–Crippen LogP) is -0.0768. The van der Waals surface area contributed by atoms with Crippen molar-refractivity contribution in [1.82, 2.24) is 14.5 Å². The van der Waals surface area contributed by atoms with Gasteiger partial charge in [-0.1, -0.05) is 0 Å². The Morgan fingerprint density at radius 1 is 1.47 bits per heavy atom. The zero-order valence-electron chi connectivity index (χ0n) is 9.04. The number of carboxylic acids is 1. The number of hydrogen-bond donors (Lipinski definition) is 2. The lowest BCUT2D eigenvalue weighted by molar-refractivity contribution is -0.137. The highest BCUT2D eigenvalue weighted by Crippen LogP contribution is 2.19. The Hall–Kier alpha value is -2.44. The Morgan fingerprint density at radius 2 is 2.18 bits per heavy atom. The highest BCUT2D eigenvalue weighted by molar-refractivity contribution is 6.03. The van der Waals surface area contributed by atoms with Crippen LogP contribution in [0.15, 0.2) is 12.4 Å². The van der Waals surface area contributed by atoms with Crippen molar-refractivity contribution in [2.24, 2.45) is 5.73 Å². The molecule has 2 rings (SSSR count). The van der Waals surface area contributed by atoms with Crippen molar-refractivity contribution < 1.29 is 14.7 Å². The van der Waals surface area contributed by atoms with E-state index in [4.69, 9.17) is 10.8 Å². The molecule has 0 saturated carbocycles. The summed E-state index contributed by atoms with van der Waals surface area (Å²) in [6.45, 7) is 1.51. The van der Waals surface area contributed by atoms with Crippen LogP contribution < -0.4 is 5.73 Å². The number of aliphatic carboxylic acids is 1. The van der Waals surface area contributed by atoms with E-state index >= 15 is 0 Å². The number of carbonyl (C=O) groups is 2. The molecule has 0 bridgehead atoms. The monoisotopic (exact) mass is 234 g/mol. The Kier molecular flexibility index (Phi) is 2.51. The van der Waals surface area contributed by atoms with Gasteiger partial charge in [-0.2, -0.15) is 0 Å². The SMILES string of the molecule is Cc1cc2c(C(N)=O)ncnc2n1CC(=O)O. The van der Waals surface area contributed by atoms with Crippen molar-refractivity contribution in [3.8, 4) is 0 Å². The smallest absolute Gasteiger partial charge is 0.323 e. The van der Waals surface area contributed by atoms with Crippen LogP contribution >= 0.6 is 0 Å². The Labute approximate surface area is 95.9 Å². The predicted molar refractivity (Wildman–Crippen MR) is 58.4 cm³/mol. The van der Waals surface area contributed by atoms with Crippen molar-refractivity contribution in [1.29, 1.82) is 0 Å². The number of aryl methyl sites for hydroxylation is 1. The summed E-state index contributed by atoms with van der Waals surface area (Å²) in [6.07, 6.45) is 1.19. The first kappa shape index (κ1) is 11.1. The normalized spacial score (nSPS) is 10.6. The number of nitrogens with zero attached hydrogens (tertiary/aromatic N) is 3. The lowest BCUT2D eigenvalue weighted by Gasteiger charge is -2.03. The molecular weight excluding hydrogens is 224 g/mol. The summed E-state index contributed by atoms with van der Waals surface area (Å²) in [6, 6.07) is 1.65. The van der Waals surface area contributed by atoms with Gasteiger partial charge in [0.05, 0.1) is 5.39 Å². The number of hydrogen-bond acceptors (Lipinski definition) is 4. The van der Waals surface area contributed by atoms with E-state index < -0.39 is 11.9 Å². The number of primary amides is 1. The van der Waals surface area contributed by atoms with Crippen LogP contribution in [-0.2, 0) is 11.3 Å². The Bertz CT molecular complexity index is 617. The van der Waals surface area contributed by atoms with Gasteiger partial charge in [-0.3, -0.25) is 9.59 Å². The molecule has 0 radical (unpaired) electrons. The minimum atomic E-state index is -0.982. The molecule has 0 unspecified atom stereocenters. The van der Waals surface area contributed by atoms with Crippen LogP contribution in [-0.4, -0.2) is 31.5 Å². The van der Waals surface area contributed by atoms with E-state index in [2.05, 4.69) is 9.97 Å². The molecule has 1 amide bonds. The third kappa shape index (κ3) is 1.82. The van der Waals surface area contributed by atoms with Gasteiger partial charge in [-0.25, -0.2) is 9.97 Å². The zero-order valence-corrected chi connectivity index (χ0v) is 9.04. The molecule has 0 aliphatic heterocycles. The molecular formula is C10H10N4O3. The van der Waals surface area contributed by atoms with Crippen LogP contribution in [0.3, 0.4) is 0 Å². The summed E-state index contributed by atoms with van der Waals surface area (Å²) < 4.78 is 1.49. The van der Waals surface area contributed by atoms with Crippen LogP contribution in [0.4, 0.5) is 0 Å². The highest BCUT2D eigenvalue weighted by atomic mass is 16.4. The zero-order chi connectivity index (χ0) is 12.6. The minimum Gasteiger partial charge on any atom is -0.480 e. The Balaban J connectivity index is 2.71. The van der Waals surface area contributed by atoms with Crippen LogP contribution in [0.1, 0.15) is 16.2 Å². The summed E-state index contributed by atoms with van der Waals surface area (Å²) in [5.41, 5.74) is 6.37. The number of carboxylic acid groups (broad SMARTS) is 1. The summed E-state index contributed by atoms with van der Waals surface area (Å²) >= 11 is 0. The lowest BCUT2D eigenvalue weighted by Crippen LogP contribution is -2.14. The van der Waals surface area contributed by atoms with Crippen molar-refractivity contribution >= 4 is 22.9 Å². The first-order chi connectivity index (χ1) is 8.00. The molecule has 88 valence electrons. The number of fused-ring (bicyclic) bond motifs is 1. The first-order valence-electron chi connectivity index (χ1n) is 4.83. The summed E-state index contributed by atoms with van der Waals surface area (Å²) in [7, 11) is 0. The van der Waals surface area contributed by atoms with Crippen molar-refractivity contribution in [3.63, 3.8) is 0 Å². The summed E-state index contributed by atoms with van der Waals surface area (Å²) in [5.74, 6) is -1.64. The lowest BCUT2D eigenvalue weighted by atomic mass is 10.2. The summed E-state index contributed by atoms with van der Waals surface area (Å²) in [4.78, 5) is 29.7. The molecule has 0 atom stereocenters. The molecule has 7 heteroatoms. The molecule has 2 aromatic heterocycles. The van der Waals surface area contributed by atoms with E-state index in [0.717, 1.165) is 0 Å². The van der Waals surface area contributed by atoms with Crippen molar-refractivity contribution in [3.05, 3.63) is 23.8 Å². The van der Waals surface area contributed by atoms with E-state index in [-0.39, 0.29) is 12.2 Å². The highest BCUT2D eigenvalue weighted by Gasteiger charge is 2.15. The van der Waals surface area contributed by atoms with Crippen LogP contribution in [0.5, 0.6) is 0 Å². The average molecular weight is 234 g/mol. The number of carbonyl (C=O) groups excluding carboxylic acids is 1. The third-order valence-corrected chi connectivity index (χ3v) is 2.42. The second-order valence-electron chi connectivity index (χ2n) is 3.59. The average Bonchev–Trinajstić information content (AvgIpc) is 2.54. The summed E-state index contributed by atoms with van der Waals surface area (Å²) in [5, 5.41) is 9.26. The molecule has 0 aliphatic carbocycles. The van der Waals surface area contributed by atoms with Gasteiger partial charge in [-0.15, -0.1) is 0 Å². The fourth-order valence-electron chi connectivity index (χ4n) is 1.72. The van der Waals surface area contributed by atoms with Gasteiger partial charge >= 0.3 is 5.97 Å². The molecule has 2 aromatic rings. The Morgan fingerprint density at radius 3 is 2.76 bits per heavy atom. The van der Waals surface area contributed by atoms with Gasteiger partial charge < -0.3 is 15.4 Å². The standard InChI is InChI=1S/C10H10N4O3/c1-5-2-6-8(9(11)17)12-4-13-10(6)14(5)3-7(15)16/h2,4H,3H2,1H3,(H2,11,17)(H,15,16). The van der Waals surface area contributed by atoms with Crippen LogP contribution in [0, 0.1) is 6.92 Å². The van der Waals surface area contributed by atoms with E-state index in [9.17, 15) is 9.59 Å². The second-order valence-corrected chi connectivity index (χ2v) is 3.59. The fourth-order valence-corrected chi connectivity index (χ4v) is 1.72. The first-order valence-corrected chi connectivity index (χ1v) is 4.83. The maximum Gasteiger partial charge on any atom is 0.323 e. The van der Waals surface area contributed by atoms with Gasteiger partial charge in [0.2, 0.25) is 0 Å². The van der Waals surface area contributed by atoms with Gasteiger partial charge in [-0.05, 0) is 13.0 Å². The maximum absolute atomic E-state index is 11.2. The number of aromatic nitrogens is 3. The fraction of sp³-hybridized carbons (Fsp3) is 0.200. The molecule has 0 saturated heterocycles. The van der Waals surface area contributed by atoms with E-state index in [1.807, 2.05) is 0 Å². The van der Waals surface area contributed by atoms with E-state index in [1.165, 1.54) is 10.9 Å². The topological polar surface area (TPSA) is 111 Å². The molecule has 0 aliphatic rings. The number of amides is 1. The molecule has 17 heavy (non-hydrogen) atoms.